The lowest BCUT2D eigenvalue weighted by Crippen LogP contribution is -2.35. The van der Waals surface area contributed by atoms with E-state index >= 15 is 0 Å². The Balaban J connectivity index is 1.43. The van der Waals surface area contributed by atoms with Gasteiger partial charge in [0.15, 0.2) is 0 Å². The zero-order valence-corrected chi connectivity index (χ0v) is 17.3. The maximum absolute atomic E-state index is 13.8. The van der Waals surface area contributed by atoms with Gasteiger partial charge in [0.05, 0.1) is 23.4 Å². The molecule has 0 N–H and O–H groups in total. The van der Waals surface area contributed by atoms with Crippen molar-refractivity contribution in [3.8, 4) is 0 Å². The fraction of sp³-hybridized carbons (Fsp3) is 0.545. The van der Waals surface area contributed by atoms with Crippen molar-refractivity contribution in [1.29, 1.82) is 0 Å². The van der Waals surface area contributed by atoms with E-state index in [1.807, 2.05) is 31.1 Å². The number of benzene rings is 1. The lowest BCUT2D eigenvalue weighted by atomic mass is 9.72. The second-order valence-corrected chi connectivity index (χ2v) is 9.10. The number of hydrogen-bond acceptors (Lipinski definition) is 4. The average molecular weight is 403 g/mol. The predicted molar refractivity (Wildman–Crippen MR) is 107 cm³/mol. The zero-order valence-electron chi connectivity index (χ0n) is 16.5. The van der Waals surface area contributed by atoms with Gasteiger partial charge in [-0.2, -0.15) is 0 Å². The van der Waals surface area contributed by atoms with E-state index < -0.39 is 0 Å². The normalized spacial score (nSPS) is 24.9. The number of fused-ring (bicyclic) bond motifs is 2. The summed E-state index contributed by atoms with van der Waals surface area (Å²) >= 11 is 1.57. The summed E-state index contributed by atoms with van der Waals surface area (Å²) in [5.41, 5.74) is 4.65. The van der Waals surface area contributed by atoms with Crippen LogP contribution in [-0.2, 0) is 28.2 Å². The van der Waals surface area contributed by atoms with Crippen molar-refractivity contribution in [2.45, 2.75) is 50.7 Å². The van der Waals surface area contributed by atoms with Crippen LogP contribution < -0.4 is 0 Å². The highest BCUT2D eigenvalue weighted by Gasteiger charge is 2.43. The Kier molecular flexibility index (Phi) is 5.52. The van der Waals surface area contributed by atoms with E-state index in [1.165, 1.54) is 6.07 Å². The lowest BCUT2D eigenvalue weighted by Gasteiger charge is -2.38. The minimum atomic E-state index is -0.329. The molecule has 0 saturated heterocycles. The monoisotopic (exact) mass is 402 g/mol. The molecule has 1 spiro atoms. The quantitative estimate of drug-likeness (QED) is 0.738. The van der Waals surface area contributed by atoms with Crippen LogP contribution in [0.4, 0.5) is 4.39 Å². The Morgan fingerprint density at radius 2 is 2.18 bits per heavy atom. The molecule has 1 unspecified atom stereocenters. The third-order valence-electron chi connectivity index (χ3n) is 6.33. The molecule has 4 rings (SSSR count). The zero-order chi connectivity index (χ0) is 19.7. The number of hydrogen-bond donors (Lipinski definition) is 0. The summed E-state index contributed by atoms with van der Waals surface area (Å²) in [6.45, 7) is 0.575. The first-order chi connectivity index (χ1) is 13.5. The van der Waals surface area contributed by atoms with Gasteiger partial charge in [-0.15, -0.1) is 11.3 Å². The molecular weight excluding hydrogens is 375 g/mol. The van der Waals surface area contributed by atoms with Crippen LogP contribution in [0.3, 0.4) is 0 Å². The Labute approximate surface area is 169 Å². The van der Waals surface area contributed by atoms with Crippen LogP contribution in [0, 0.1) is 17.7 Å². The van der Waals surface area contributed by atoms with E-state index in [-0.39, 0.29) is 23.2 Å². The number of carbonyl (C=O) groups is 1. The first-order valence-electron chi connectivity index (χ1n) is 9.98. The summed E-state index contributed by atoms with van der Waals surface area (Å²) in [5.74, 6) is 0.438. The summed E-state index contributed by atoms with van der Waals surface area (Å²) < 4.78 is 20.0. The number of nitrogens with zero attached hydrogens (tertiary/aromatic N) is 2. The summed E-state index contributed by atoms with van der Waals surface area (Å²) in [5, 5.41) is 2.03. The van der Waals surface area contributed by atoms with Crippen LogP contribution in [0.15, 0.2) is 29.1 Å². The Hall–Kier alpha value is -1.79. The molecule has 0 bridgehead atoms. The van der Waals surface area contributed by atoms with Crippen molar-refractivity contribution in [3.63, 3.8) is 0 Å². The molecule has 4 nitrogen and oxygen atoms in total. The SMILES string of the molecule is CN(C)C(=O)C(Cc1cscn1)CC1CCC2(CC1)OCc1ccc(F)cc12. The second-order valence-electron chi connectivity index (χ2n) is 8.38. The third-order valence-corrected chi connectivity index (χ3v) is 6.96. The molecule has 2 aromatic rings. The number of rotatable bonds is 5. The fourth-order valence-corrected chi connectivity index (χ4v) is 5.39. The Bertz CT molecular complexity index is 829. The van der Waals surface area contributed by atoms with Gasteiger partial charge >= 0.3 is 0 Å². The van der Waals surface area contributed by atoms with Gasteiger partial charge in [0.25, 0.3) is 0 Å². The predicted octanol–water partition coefficient (Wildman–Crippen LogP) is 4.54. The fourth-order valence-electron chi connectivity index (χ4n) is 4.82. The van der Waals surface area contributed by atoms with Crippen molar-refractivity contribution < 1.29 is 13.9 Å². The number of aromatic nitrogens is 1. The highest BCUT2D eigenvalue weighted by Crippen LogP contribution is 2.49. The summed E-state index contributed by atoms with van der Waals surface area (Å²) in [6, 6.07) is 5.02. The molecule has 1 atom stereocenters. The lowest BCUT2D eigenvalue weighted by molar-refractivity contribution is -0.134. The van der Waals surface area contributed by atoms with Crippen LogP contribution in [-0.4, -0.2) is 29.9 Å². The van der Waals surface area contributed by atoms with E-state index in [4.69, 9.17) is 4.74 Å². The molecule has 1 amide bonds. The molecule has 0 radical (unpaired) electrons. The number of amides is 1. The first-order valence-corrected chi connectivity index (χ1v) is 10.9. The van der Waals surface area contributed by atoms with E-state index in [0.717, 1.165) is 48.9 Å². The van der Waals surface area contributed by atoms with Gasteiger partial charge in [-0.3, -0.25) is 4.79 Å². The van der Waals surface area contributed by atoms with Crippen molar-refractivity contribution in [2.75, 3.05) is 14.1 Å². The number of ether oxygens (including phenoxy) is 1. The van der Waals surface area contributed by atoms with Crippen LogP contribution in [0.1, 0.15) is 48.9 Å². The number of halogens is 1. The van der Waals surface area contributed by atoms with Crippen molar-refractivity contribution in [3.05, 3.63) is 51.7 Å². The van der Waals surface area contributed by atoms with Crippen LogP contribution >= 0.6 is 11.3 Å². The molecule has 1 saturated carbocycles. The Morgan fingerprint density at radius 1 is 1.39 bits per heavy atom. The second kappa shape index (κ2) is 7.91. The molecule has 28 heavy (non-hydrogen) atoms. The average Bonchev–Trinajstić information content (AvgIpc) is 3.31. The molecule has 150 valence electrons. The van der Waals surface area contributed by atoms with Crippen molar-refractivity contribution >= 4 is 17.2 Å². The first kappa shape index (κ1) is 19.5. The molecule has 2 heterocycles. The maximum Gasteiger partial charge on any atom is 0.225 e. The van der Waals surface area contributed by atoms with E-state index in [1.54, 1.807) is 22.3 Å². The van der Waals surface area contributed by atoms with Gasteiger partial charge < -0.3 is 9.64 Å². The van der Waals surface area contributed by atoms with Crippen LogP contribution in [0.5, 0.6) is 0 Å². The molecular formula is C22H27FN2O2S. The third kappa shape index (κ3) is 3.85. The summed E-state index contributed by atoms with van der Waals surface area (Å²) in [4.78, 5) is 18.8. The smallest absolute Gasteiger partial charge is 0.225 e. The number of thiazole rings is 1. The molecule has 2 aliphatic rings. The van der Waals surface area contributed by atoms with Crippen LogP contribution in [0.2, 0.25) is 0 Å². The molecule has 1 aromatic heterocycles. The van der Waals surface area contributed by atoms with Gasteiger partial charge in [0.1, 0.15) is 5.82 Å². The number of carbonyl (C=O) groups excluding carboxylic acids is 1. The molecule has 1 fully saturated rings. The molecule has 1 aliphatic carbocycles. The molecule has 6 heteroatoms. The largest absolute Gasteiger partial charge is 0.366 e. The summed E-state index contributed by atoms with van der Waals surface area (Å²) in [7, 11) is 3.65. The molecule has 1 aromatic carbocycles. The van der Waals surface area contributed by atoms with Gasteiger partial charge in [-0.1, -0.05) is 6.07 Å². The topological polar surface area (TPSA) is 42.4 Å². The van der Waals surface area contributed by atoms with E-state index in [9.17, 15) is 9.18 Å². The van der Waals surface area contributed by atoms with Crippen LogP contribution in [0.25, 0.3) is 0 Å². The van der Waals surface area contributed by atoms with Gasteiger partial charge in [0, 0.05) is 31.8 Å². The minimum absolute atomic E-state index is 0.0367. The Morgan fingerprint density at radius 3 is 2.86 bits per heavy atom. The maximum atomic E-state index is 13.8. The van der Waals surface area contributed by atoms with E-state index in [0.29, 0.717) is 18.9 Å². The highest BCUT2D eigenvalue weighted by molar-refractivity contribution is 7.07. The van der Waals surface area contributed by atoms with Gasteiger partial charge in [-0.25, -0.2) is 9.37 Å². The summed E-state index contributed by atoms with van der Waals surface area (Å²) in [6.07, 6.45) is 5.38. The van der Waals surface area contributed by atoms with Crippen molar-refractivity contribution in [2.24, 2.45) is 11.8 Å². The van der Waals surface area contributed by atoms with E-state index in [2.05, 4.69) is 4.98 Å². The van der Waals surface area contributed by atoms with Crippen molar-refractivity contribution in [1.82, 2.24) is 9.88 Å². The highest BCUT2D eigenvalue weighted by atomic mass is 32.1. The van der Waals surface area contributed by atoms with Gasteiger partial charge in [0.2, 0.25) is 5.91 Å². The van der Waals surface area contributed by atoms with Gasteiger partial charge in [-0.05, 0) is 61.3 Å². The molecule has 1 aliphatic heterocycles. The standard InChI is InChI=1S/C22H27FN2O2S/c1-25(2)21(26)17(10-19-13-28-14-24-19)9-15-5-7-22(8-6-15)20-11-18(23)4-3-16(20)12-27-22/h3-4,11,13-15,17H,5-10,12H2,1-2H3. The minimum Gasteiger partial charge on any atom is -0.366 e.